The van der Waals surface area contributed by atoms with Gasteiger partial charge in [-0.25, -0.2) is 10.4 Å². The molecule has 0 amide bonds. The van der Waals surface area contributed by atoms with E-state index in [0.29, 0.717) is 0 Å². The number of benzene rings is 1. The molecule has 2 atom stereocenters. The second-order valence-electron chi connectivity index (χ2n) is 4.74. The Labute approximate surface area is 137 Å². The van der Waals surface area contributed by atoms with Crippen molar-refractivity contribution < 1.29 is 39.9 Å². The van der Waals surface area contributed by atoms with Crippen molar-refractivity contribution in [3.8, 4) is 0 Å². The number of carbonyl (C=O) groups is 2. The predicted molar refractivity (Wildman–Crippen MR) is 78.7 cm³/mol. The molecule has 4 N–H and O–H groups in total. The van der Waals surface area contributed by atoms with Gasteiger partial charge in [0.2, 0.25) is 0 Å². The lowest BCUT2D eigenvalue weighted by Gasteiger charge is -2.21. The van der Waals surface area contributed by atoms with Gasteiger partial charge < -0.3 is 19.9 Å². The summed E-state index contributed by atoms with van der Waals surface area (Å²) in [5.74, 6) is -1.34. The van der Waals surface area contributed by atoms with Crippen LogP contribution in [0.1, 0.15) is 25.0 Å². The molecule has 10 nitrogen and oxygen atoms in total. The number of esters is 2. The van der Waals surface area contributed by atoms with Crippen molar-refractivity contribution in [1.29, 1.82) is 0 Å². The average molecular weight is 344 g/mol. The second-order valence-corrected chi connectivity index (χ2v) is 4.74. The van der Waals surface area contributed by atoms with Crippen molar-refractivity contribution in [1.82, 2.24) is 0 Å². The summed E-state index contributed by atoms with van der Waals surface area (Å²) in [4.78, 5) is 23.2. The molecule has 0 saturated heterocycles. The monoisotopic (exact) mass is 344 g/mol. The van der Waals surface area contributed by atoms with Crippen LogP contribution in [0.4, 0.5) is 11.4 Å². The van der Waals surface area contributed by atoms with E-state index in [1.165, 1.54) is 0 Å². The van der Waals surface area contributed by atoms with E-state index in [1.807, 2.05) is 0 Å². The maximum Gasteiger partial charge on any atom is 0.310 e. The zero-order valence-electron chi connectivity index (χ0n) is 13.3. The topological polar surface area (TPSA) is 148 Å². The van der Waals surface area contributed by atoms with Crippen LogP contribution in [0.2, 0.25) is 0 Å². The molecule has 2 unspecified atom stereocenters. The molecule has 0 fully saturated rings. The summed E-state index contributed by atoms with van der Waals surface area (Å²) in [5, 5.41) is 38.7. The molecule has 1 aromatic rings. The van der Waals surface area contributed by atoms with Crippen LogP contribution >= 0.6 is 0 Å². The largest absolute Gasteiger partial charge is 0.595 e. The Kier molecular flexibility index (Phi) is 7.71. The maximum absolute atomic E-state index is 11.6. The van der Waals surface area contributed by atoms with E-state index < -0.39 is 22.4 Å². The molecular weight excluding hydrogens is 324 g/mol. The fraction of sp³-hybridized carbons (Fsp3) is 0.429. The van der Waals surface area contributed by atoms with Crippen molar-refractivity contribution in [2.75, 3.05) is 13.2 Å². The molecule has 134 valence electrons. The standard InChI is InChI=1S/C14H20N2O8/c1-3-23-13(17)7-9-5-12(16(21)22)10(6-11(9)15(19)20)8-14(18)24-4-2/h5-6,15-16,19,21H,3-4,7-8H2,1-2H3. The number of carbonyl (C=O) groups excluding carboxylic acids is 2. The van der Waals surface area contributed by atoms with Crippen LogP contribution in [0.5, 0.6) is 0 Å². The predicted octanol–water partition coefficient (Wildman–Crippen LogP) is -1.30. The van der Waals surface area contributed by atoms with Crippen LogP contribution in [0, 0.1) is 10.4 Å². The fourth-order valence-electron chi connectivity index (χ4n) is 2.12. The van der Waals surface area contributed by atoms with Gasteiger partial charge in [-0.1, -0.05) is 0 Å². The highest BCUT2D eigenvalue weighted by Crippen LogP contribution is 2.22. The zero-order chi connectivity index (χ0) is 18.3. The molecule has 0 aliphatic carbocycles. The summed E-state index contributed by atoms with van der Waals surface area (Å²) in [6.45, 7) is 3.43. The van der Waals surface area contributed by atoms with E-state index in [9.17, 15) is 30.4 Å². The maximum atomic E-state index is 11.6. The first-order valence-electron chi connectivity index (χ1n) is 7.23. The molecule has 0 spiro atoms. The van der Waals surface area contributed by atoms with E-state index in [2.05, 4.69) is 0 Å². The Morgan fingerprint density at radius 1 is 0.917 bits per heavy atom. The van der Waals surface area contributed by atoms with Crippen molar-refractivity contribution in [3.63, 3.8) is 0 Å². The quantitative estimate of drug-likeness (QED) is 0.336. The second kappa shape index (κ2) is 9.27. The van der Waals surface area contributed by atoms with Crippen LogP contribution < -0.4 is 10.5 Å². The third-order valence-electron chi connectivity index (χ3n) is 3.07. The summed E-state index contributed by atoms with van der Waals surface area (Å²) >= 11 is 0. The molecule has 0 radical (unpaired) electrons. The highest BCUT2D eigenvalue weighted by Gasteiger charge is 2.22. The summed E-state index contributed by atoms with van der Waals surface area (Å²) in [7, 11) is 0. The van der Waals surface area contributed by atoms with E-state index in [0.717, 1.165) is 12.1 Å². The normalized spacial score (nSPS) is 13.2. The van der Waals surface area contributed by atoms with E-state index in [1.54, 1.807) is 13.8 Å². The third-order valence-corrected chi connectivity index (χ3v) is 3.07. The highest BCUT2D eigenvalue weighted by atomic mass is 16.8. The number of nitrogens with one attached hydrogen (secondary N) is 2. The van der Waals surface area contributed by atoms with Gasteiger partial charge in [-0.15, -0.1) is 0 Å². The van der Waals surface area contributed by atoms with Gasteiger partial charge in [-0.3, -0.25) is 9.59 Å². The highest BCUT2D eigenvalue weighted by molar-refractivity contribution is 5.77. The lowest BCUT2D eigenvalue weighted by Crippen LogP contribution is -3.00. The van der Waals surface area contributed by atoms with Gasteiger partial charge in [0.15, 0.2) is 11.4 Å². The molecule has 0 aliphatic rings. The number of rotatable bonds is 8. The smallest absolute Gasteiger partial charge is 0.310 e. The first-order valence-corrected chi connectivity index (χ1v) is 7.23. The van der Waals surface area contributed by atoms with E-state index in [4.69, 9.17) is 9.47 Å². The summed E-state index contributed by atoms with van der Waals surface area (Å²) in [6.07, 6.45) is -0.759. The summed E-state index contributed by atoms with van der Waals surface area (Å²) in [5.41, 5.74) is -0.503. The molecule has 1 rings (SSSR count). The molecule has 0 heterocycles. The Hall–Kier alpha value is -2.08. The Morgan fingerprint density at radius 3 is 1.50 bits per heavy atom. The Morgan fingerprint density at radius 2 is 1.25 bits per heavy atom. The van der Waals surface area contributed by atoms with Gasteiger partial charge >= 0.3 is 11.9 Å². The van der Waals surface area contributed by atoms with Gasteiger partial charge in [-0.2, -0.15) is 10.5 Å². The third kappa shape index (κ3) is 5.53. The van der Waals surface area contributed by atoms with Crippen LogP contribution in [-0.2, 0) is 31.9 Å². The first-order chi connectivity index (χ1) is 11.3. The van der Waals surface area contributed by atoms with E-state index in [-0.39, 0.29) is 48.6 Å². The van der Waals surface area contributed by atoms with Crippen molar-refractivity contribution in [2.24, 2.45) is 0 Å². The SMILES string of the molecule is CCOC(=O)Cc1cc([NH+]([O-])O)c(CC(=O)OCC)cc1[NH+]([O-])O. The number of hydrogen-bond acceptors (Lipinski definition) is 8. The number of ether oxygens (including phenoxy) is 2. The van der Waals surface area contributed by atoms with Crippen LogP contribution in [0.3, 0.4) is 0 Å². The molecule has 0 aromatic heterocycles. The van der Waals surface area contributed by atoms with Crippen LogP contribution in [-0.4, -0.2) is 35.6 Å². The zero-order valence-corrected chi connectivity index (χ0v) is 13.3. The van der Waals surface area contributed by atoms with Crippen molar-refractivity contribution in [2.45, 2.75) is 26.7 Å². The van der Waals surface area contributed by atoms with Crippen molar-refractivity contribution >= 4 is 23.3 Å². The van der Waals surface area contributed by atoms with E-state index >= 15 is 0 Å². The first kappa shape index (κ1) is 20.0. The molecule has 1 aromatic carbocycles. The molecular formula is C14H20N2O8. The fourth-order valence-corrected chi connectivity index (χ4v) is 2.12. The van der Waals surface area contributed by atoms with Gasteiger partial charge in [0, 0.05) is 23.3 Å². The van der Waals surface area contributed by atoms with Crippen molar-refractivity contribution in [3.05, 3.63) is 33.7 Å². The van der Waals surface area contributed by atoms with Gasteiger partial charge in [-0.05, 0) is 13.8 Å². The molecule has 10 heteroatoms. The molecule has 0 aliphatic heterocycles. The lowest BCUT2D eigenvalue weighted by atomic mass is 10.0. The van der Waals surface area contributed by atoms with Gasteiger partial charge in [0.1, 0.15) is 0 Å². The minimum absolute atomic E-state index is 0.00552. The lowest BCUT2D eigenvalue weighted by molar-refractivity contribution is -0.993. The van der Waals surface area contributed by atoms with Crippen LogP contribution in [0.25, 0.3) is 0 Å². The Bertz CT molecular complexity index is 537. The minimum atomic E-state index is -1.34. The minimum Gasteiger partial charge on any atom is -0.595 e. The summed E-state index contributed by atoms with van der Waals surface area (Å²) in [6, 6.07) is 2.16. The molecule has 0 saturated carbocycles. The average Bonchev–Trinajstić information content (AvgIpc) is 2.48. The summed E-state index contributed by atoms with van der Waals surface area (Å²) < 4.78 is 9.51. The van der Waals surface area contributed by atoms with Crippen LogP contribution in [0.15, 0.2) is 12.1 Å². The number of hydrogen-bond donors (Lipinski definition) is 4. The number of quaternary nitrogens is 2. The molecule has 24 heavy (non-hydrogen) atoms. The van der Waals surface area contributed by atoms with Gasteiger partial charge in [0.05, 0.1) is 26.1 Å². The molecule has 0 bridgehead atoms. The Balaban J connectivity index is 3.27. The van der Waals surface area contributed by atoms with Gasteiger partial charge in [0.25, 0.3) is 0 Å².